The molecular formula is C11H11NOS. The molecule has 0 amide bonds. The SMILES string of the molecule is COc1cccc(-c2nc(C)cs2)c1. The van der Waals surface area contributed by atoms with Gasteiger partial charge in [0.25, 0.3) is 0 Å². The highest BCUT2D eigenvalue weighted by Gasteiger charge is 2.02. The number of aromatic nitrogens is 1. The molecule has 0 saturated heterocycles. The number of ether oxygens (including phenoxy) is 1. The number of thiazole rings is 1. The van der Waals surface area contributed by atoms with Gasteiger partial charge in [-0.25, -0.2) is 4.98 Å². The van der Waals surface area contributed by atoms with E-state index in [1.54, 1.807) is 18.4 Å². The zero-order valence-electron chi connectivity index (χ0n) is 8.15. The Bertz CT molecular complexity index is 436. The number of hydrogen-bond donors (Lipinski definition) is 0. The van der Waals surface area contributed by atoms with Crippen LogP contribution in [0.3, 0.4) is 0 Å². The summed E-state index contributed by atoms with van der Waals surface area (Å²) in [6.45, 7) is 2.00. The van der Waals surface area contributed by atoms with E-state index in [1.807, 2.05) is 31.2 Å². The highest BCUT2D eigenvalue weighted by atomic mass is 32.1. The average Bonchev–Trinajstić information content (AvgIpc) is 2.65. The lowest BCUT2D eigenvalue weighted by Gasteiger charge is -2.00. The van der Waals surface area contributed by atoms with Crippen molar-refractivity contribution in [2.75, 3.05) is 7.11 Å². The minimum Gasteiger partial charge on any atom is -0.497 e. The summed E-state index contributed by atoms with van der Waals surface area (Å²) in [6.07, 6.45) is 0. The van der Waals surface area contributed by atoms with Crippen LogP contribution in [-0.4, -0.2) is 12.1 Å². The van der Waals surface area contributed by atoms with Gasteiger partial charge < -0.3 is 4.74 Å². The van der Waals surface area contributed by atoms with E-state index < -0.39 is 0 Å². The molecule has 14 heavy (non-hydrogen) atoms. The predicted octanol–water partition coefficient (Wildman–Crippen LogP) is 3.13. The highest BCUT2D eigenvalue weighted by molar-refractivity contribution is 7.13. The van der Waals surface area contributed by atoms with Crippen LogP contribution in [0.4, 0.5) is 0 Å². The van der Waals surface area contributed by atoms with E-state index in [0.29, 0.717) is 0 Å². The molecule has 3 heteroatoms. The Morgan fingerprint density at radius 3 is 2.86 bits per heavy atom. The van der Waals surface area contributed by atoms with E-state index in [-0.39, 0.29) is 0 Å². The van der Waals surface area contributed by atoms with E-state index in [0.717, 1.165) is 22.0 Å². The molecule has 0 spiro atoms. The molecule has 0 aliphatic heterocycles. The van der Waals surface area contributed by atoms with Gasteiger partial charge in [-0.3, -0.25) is 0 Å². The fourth-order valence-electron chi connectivity index (χ4n) is 1.24. The van der Waals surface area contributed by atoms with E-state index in [2.05, 4.69) is 10.4 Å². The Hall–Kier alpha value is -1.35. The van der Waals surface area contributed by atoms with Gasteiger partial charge in [0.05, 0.1) is 7.11 Å². The van der Waals surface area contributed by atoms with Gasteiger partial charge in [-0.2, -0.15) is 0 Å². The first kappa shape index (κ1) is 9.21. The first-order chi connectivity index (χ1) is 6.79. The second-order valence-corrected chi connectivity index (χ2v) is 3.88. The second-order valence-electron chi connectivity index (χ2n) is 3.03. The Balaban J connectivity index is 2.41. The largest absolute Gasteiger partial charge is 0.497 e. The van der Waals surface area contributed by atoms with E-state index in [9.17, 15) is 0 Å². The number of nitrogens with zero attached hydrogens (tertiary/aromatic N) is 1. The number of benzene rings is 1. The maximum absolute atomic E-state index is 5.16. The van der Waals surface area contributed by atoms with Crippen LogP contribution in [0.5, 0.6) is 5.75 Å². The van der Waals surface area contributed by atoms with Crippen LogP contribution in [0.2, 0.25) is 0 Å². The fraction of sp³-hybridized carbons (Fsp3) is 0.182. The zero-order chi connectivity index (χ0) is 9.97. The topological polar surface area (TPSA) is 22.1 Å². The van der Waals surface area contributed by atoms with Crippen molar-refractivity contribution in [3.8, 4) is 16.3 Å². The van der Waals surface area contributed by atoms with Crippen LogP contribution in [0.25, 0.3) is 10.6 Å². The molecule has 2 aromatic rings. The first-order valence-corrected chi connectivity index (χ1v) is 5.24. The van der Waals surface area contributed by atoms with Crippen molar-refractivity contribution >= 4 is 11.3 Å². The van der Waals surface area contributed by atoms with Crippen molar-refractivity contribution < 1.29 is 4.74 Å². The van der Waals surface area contributed by atoms with Gasteiger partial charge in [-0.1, -0.05) is 12.1 Å². The van der Waals surface area contributed by atoms with E-state index in [1.165, 1.54) is 0 Å². The lowest BCUT2D eigenvalue weighted by Crippen LogP contribution is -1.83. The monoisotopic (exact) mass is 205 g/mol. The van der Waals surface area contributed by atoms with Crippen molar-refractivity contribution in [3.05, 3.63) is 35.3 Å². The molecule has 0 bridgehead atoms. The van der Waals surface area contributed by atoms with Gasteiger partial charge >= 0.3 is 0 Å². The number of hydrogen-bond acceptors (Lipinski definition) is 3. The summed E-state index contributed by atoms with van der Waals surface area (Å²) < 4.78 is 5.16. The van der Waals surface area contributed by atoms with Crippen molar-refractivity contribution in [1.29, 1.82) is 0 Å². The van der Waals surface area contributed by atoms with Gasteiger partial charge in [0, 0.05) is 16.6 Å². The maximum atomic E-state index is 5.16. The third kappa shape index (κ3) is 1.77. The number of methoxy groups -OCH3 is 1. The molecule has 0 atom stereocenters. The summed E-state index contributed by atoms with van der Waals surface area (Å²) in [5.74, 6) is 0.871. The molecule has 0 radical (unpaired) electrons. The molecule has 0 fully saturated rings. The third-order valence-electron chi connectivity index (χ3n) is 1.94. The molecular weight excluding hydrogens is 194 g/mol. The first-order valence-electron chi connectivity index (χ1n) is 4.36. The van der Waals surface area contributed by atoms with E-state index >= 15 is 0 Å². The molecule has 0 saturated carbocycles. The third-order valence-corrected chi connectivity index (χ3v) is 2.94. The van der Waals surface area contributed by atoms with Crippen LogP contribution >= 0.6 is 11.3 Å². The Kier molecular flexibility index (Phi) is 2.50. The van der Waals surface area contributed by atoms with Gasteiger partial charge in [0.2, 0.25) is 0 Å². The summed E-state index contributed by atoms with van der Waals surface area (Å²) in [6, 6.07) is 7.95. The van der Waals surface area contributed by atoms with Crippen LogP contribution in [0.15, 0.2) is 29.6 Å². The molecule has 72 valence electrons. The zero-order valence-corrected chi connectivity index (χ0v) is 8.97. The van der Waals surface area contributed by atoms with Crippen molar-refractivity contribution in [1.82, 2.24) is 4.98 Å². The summed E-state index contributed by atoms with van der Waals surface area (Å²) in [5.41, 5.74) is 2.18. The van der Waals surface area contributed by atoms with Gasteiger partial charge in [-0.05, 0) is 19.1 Å². The van der Waals surface area contributed by atoms with Crippen LogP contribution in [0, 0.1) is 6.92 Å². The van der Waals surface area contributed by atoms with Crippen LogP contribution in [0.1, 0.15) is 5.69 Å². The summed E-state index contributed by atoms with van der Waals surface area (Å²) in [7, 11) is 1.67. The Morgan fingerprint density at radius 1 is 1.36 bits per heavy atom. The summed E-state index contributed by atoms with van der Waals surface area (Å²) >= 11 is 1.66. The average molecular weight is 205 g/mol. The van der Waals surface area contributed by atoms with Gasteiger partial charge in [0.1, 0.15) is 10.8 Å². The van der Waals surface area contributed by atoms with Crippen LogP contribution < -0.4 is 4.74 Å². The minimum atomic E-state index is 0.871. The molecule has 1 heterocycles. The molecule has 1 aromatic heterocycles. The van der Waals surface area contributed by atoms with Gasteiger partial charge in [-0.15, -0.1) is 11.3 Å². The molecule has 0 N–H and O–H groups in total. The van der Waals surface area contributed by atoms with Crippen molar-refractivity contribution in [3.63, 3.8) is 0 Å². The highest BCUT2D eigenvalue weighted by Crippen LogP contribution is 2.26. The molecule has 0 unspecified atom stereocenters. The standard InChI is InChI=1S/C11H11NOS/c1-8-7-14-11(12-8)9-4-3-5-10(6-9)13-2/h3-7H,1-2H3. The lowest BCUT2D eigenvalue weighted by atomic mass is 10.2. The molecule has 0 aliphatic carbocycles. The Morgan fingerprint density at radius 2 is 2.21 bits per heavy atom. The lowest BCUT2D eigenvalue weighted by molar-refractivity contribution is 0.415. The van der Waals surface area contributed by atoms with Crippen molar-refractivity contribution in [2.24, 2.45) is 0 Å². The number of rotatable bonds is 2. The van der Waals surface area contributed by atoms with E-state index in [4.69, 9.17) is 4.74 Å². The van der Waals surface area contributed by atoms with Gasteiger partial charge in [0.15, 0.2) is 0 Å². The number of aryl methyl sites for hydroxylation is 1. The Labute approximate surface area is 87.2 Å². The maximum Gasteiger partial charge on any atom is 0.123 e. The second kappa shape index (κ2) is 3.80. The molecule has 1 aromatic carbocycles. The normalized spacial score (nSPS) is 10.1. The molecule has 2 rings (SSSR count). The summed E-state index contributed by atoms with van der Waals surface area (Å²) in [4.78, 5) is 4.42. The summed E-state index contributed by atoms with van der Waals surface area (Å²) in [5, 5.41) is 3.09. The fourth-order valence-corrected chi connectivity index (χ4v) is 2.04. The molecule has 2 nitrogen and oxygen atoms in total. The quantitative estimate of drug-likeness (QED) is 0.751. The smallest absolute Gasteiger partial charge is 0.123 e. The predicted molar refractivity (Wildman–Crippen MR) is 58.8 cm³/mol. The van der Waals surface area contributed by atoms with Crippen LogP contribution in [-0.2, 0) is 0 Å². The minimum absolute atomic E-state index is 0.871. The molecule has 0 aliphatic rings. The van der Waals surface area contributed by atoms with Crippen molar-refractivity contribution in [2.45, 2.75) is 6.92 Å².